The van der Waals surface area contributed by atoms with Crippen molar-refractivity contribution in [3.8, 4) is 5.88 Å². The number of hydrogen-bond acceptors (Lipinski definition) is 4. The third-order valence-corrected chi connectivity index (χ3v) is 2.72. The SMILES string of the molecule is [C-]#[N+]c1ccc(Nc2ncnc(OC(C)C)c2C)c(F)c1. The van der Waals surface area contributed by atoms with E-state index in [4.69, 9.17) is 11.3 Å². The molecule has 0 unspecified atom stereocenters. The number of halogens is 1. The number of ether oxygens (including phenoxy) is 1. The van der Waals surface area contributed by atoms with Crippen LogP contribution >= 0.6 is 0 Å². The summed E-state index contributed by atoms with van der Waals surface area (Å²) in [4.78, 5) is 11.3. The molecule has 0 aliphatic rings. The Kier molecular flexibility index (Phi) is 4.33. The quantitative estimate of drug-likeness (QED) is 0.863. The maximum atomic E-state index is 13.9. The summed E-state index contributed by atoms with van der Waals surface area (Å²) >= 11 is 0. The Morgan fingerprint density at radius 2 is 2.10 bits per heavy atom. The van der Waals surface area contributed by atoms with Crippen molar-refractivity contribution in [2.24, 2.45) is 0 Å². The Bertz CT molecular complexity index is 695. The molecule has 0 fully saturated rings. The predicted molar refractivity (Wildman–Crippen MR) is 78.5 cm³/mol. The van der Waals surface area contributed by atoms with Crippen LogP contribution in [-0.2, 0) is 0 Å². The molecule has 1 N–H and O–H groups in total. The fraction of sp³-hybridized carbons (Fsp3) is 0.267. The first kappa shape index (κ1) is 14.7. The maximum absolute atomic E-state index is 13.9. The molecule has 21 heavy (non-hydrogen) atoms. The van der Waals surface area contributed by atoms with Crippen LogP contribution in [0.1, 0.15) is 19.4 Å². The first-order chi connectivity index (χ1) is 10.0. The smallest absolute Gasteiger partial charge is 0.221 e. The minimum absolute atomic E-state index is 0.0128. The Morgan fingerprint density at radius 1 is 1.33 bits per heavy atom. The minimum Gasteiger partial charge on any atom is -0.475 e. The number of rotatable bonds is 4. The van der Waals surface area contributed by atoms with Crippen LogP contribution < -0.4 is 10.1 Å². The molecule has 0 saturated carbocycles. The highest BCUT2D eigenvalue weighted by atomic mass is 19.1. The summed E-state index contributed by atoms with van der Waals surface area (Å²) in [5.74, 6) is 0.420. The molecule has 2 rings (SSSR count). The molecule has 0 saturated heterocycles. The Hall–Kier alpha value is -2.68. The van der Waals surface area contributed by atoms with Gasteiger partial charge in [-0.1, -0.05) is 6.07 Å². The fourth-order valence-electron chi connectivity index (χ4n) is 1.70. The number of anilines is 2. The van der Waals surface area contributed by atoms with E-state index >= 15 is 0 Å². The molecule has 0 bridgehead atoms. The van der Waals surface area contributed by atoms with Gasteiger partial charge in [0.15, 0.2) is 5.69 Å². The van der Waals surface area contributed by atoms with Gasteiger partial charge in [-0.25, -0.2) is 19.2 Å². The second-order valence-electron chi connectivity index (χ2n) is 4.72. The van der Waals surface area contributed by atoms with E-state index in [1.807, 2.05) is 13.8 Å². The normalized spacial score (nSPS) is 10.3. The minimum atomic E-state index is -0.507. The molecule has 0 aliphatic heterocycles. The molecule has 0 spiro atoms. The van der Waals surface area contributed by atoms with Crippen molar-refractivity contribution in [2.75, 3.05) is 5.32 Å². The van der Waals surface area contributed by atoms with E-state index < -0.39 is 5.82 Å². The van der Waals surface area contributed by atoms with Crippen molar-refractivity contribution >= 4 is 17.2 Å². The third-order valence-electron chi connectivity index (χ3n) is 2.72. The van der Waals surface area contributed by atoms with Crippen LogP contribution in [0.15, 0.2) is 24.5 Å². The zero-order valence-corrected chi connectivity index (χ0v) is 12.0. The Labute approximate surface area is 122 Å². The molecule has 6 heteroatoms. The van der Waals surface area contributed by atoms with Crippen molar-refractivity contribution in [2.45, 2.75) is 26.9 Å². The molecular formula is C15H15FN4O. The summed E-state index contributed by atoms with van der Waals surface area (Å²) < 4.78 is 19.5. The van der Waals surface area contributed by atoms with Crippen LogP contribution in [-0.4, -0.2) is 16.1 Å². The molecule has 0 radical (unpaired) electrons. The van der Waals surface area contributed by atoms with Gasteiger partial charge in [0.05, 0.1) is 23.9 Å². The van der Waals surface area contributed by atoms with Gasteiger partial charge in [0.25, 0.3) is 0 Å². The molecule has 0 amide bonds. The highest BCUT2D eigenvalue weighted by Gasteiger charge is 2.11. The van der Waals surface area contributed by atoms with Crippen LogP contribution in [0, 0.1) is 19.3 Å². The summed E-state index contributed by atoms with van der Waals surface area (Å²) in [5.41, 5.74) is 1.20. The van der Waals surface area contributed by atoms with Gasteiger partial charge in [-0.3, -0.25) is 0 Å². The van der Waals surface area contributed by atoms with Gasteiger partial charge in [0, 0.05) is 0 Å². The first-order valence-corrected chi connectivity index (χ1v) is 6.43. The van der Waals surface area contributed by atoms with E-state index in [-0.39, 0.29) is 17.5 Å². The molecule has 0 aliphatic carbocycles. The second kappa shape index (κ2) is 6.18. The van der Waals surface area contributed by atoms with Gasteiger partial charge < -0.3 is 10.1 Å². The maximum Gasteiger partial charge on any atom is 0.221 e. The summed E-state index contributed by atoms with van der Waals surface area (Å²) in [6.07, 6.45) is 1.35. The lowest BCUT2D eigenvalue weighted by Crippen LogP contribution is -2.10. The zero-order valence-electron chi connectivity index (χ0n) is 12.0. The van der Waals surface area contributed by atoms with E-state index in [2.05, 4.69) is 20.1 Å². The van der Waals surface area contributed by atoms with Crippen molar-refractivity contribution < 1.29 is 9.13 Å². The molecule has 0 atom stereocenters. The van der Waals surface area contributed by atoms with Crippen LogP contribution in [0.25, 0.3) is 4.85 Å². The lowest BCUT2D eigenvalue weighted by Gasteiger charge is -2.14. The van der Waals surface area contributed by atoms with Gasteiger partial charge in [-0.2, -0.15) is 0 Å². The number of benzene rings is 1. The van der Waals surface area contributed by atoms with Crippen molar-refractivity contribution in [1.29, 1.82) is 0 Å². The lowest BCUT2D eigenvalue weighted by atomic mass is 10.2. The molecule has 1 heterocycles. The molecule has 108 valence electrons. The van der Waals surface area contributed by atoms with Crippen molar-refractivity contribution in [3.05, 3.63) is 47.3 Å². The van der Waals surface area contributed by atoms with E-state index in [9.17, 15) is 4.39 Å². The van der Waals surface area contributed by atoms with E-state index in [0.717, 1.165) is 0 Å². The highest BCUT2D eigenvalue weighted by Crippen LogP contribution is 2.27. The monoisotopic (exact) mass is 286 g/mol. The highest BCUT2D eigenvalue weighted by molar-refractivity contribution is 5.64. The Morgan fingerprint density at radius 3 is 2.71 bits per heavy atom. The molecule has 5 nitrogen and oxygen atoms in total. The van der Waals surface area contributed by atoms with Crippen LogP contribution in [0.2, 0.25) is 0 Å². The van der Waals surface area contributed by atoms with E-state index in [0.29, 0.717) is 17.3 Å². The van der Waals surface area contributed by atoms with Gasteiger partial charge in [0.1, 0.15) is 18.0 Å². The van der Waals surface area contributed by atoms with Gasteiger partial charge in [-0.05, 0) is 32.9 Å². The lowest BCUT2D eigenvalue weighted by molar-refractivity contribution is 0.230. The molecular weight excluding hydrogens is 271 g/mol. The van der Waals surface area contributed by atoms with Gasteiger partial charge >= 0.3 is 0 Å². The van der Waals surface area contributed by atoms with Crippen molar-refractivity contribution in [3.63, 3.8) is 0 Å². The number of aromatic nitrogens is 2. The second-order valence-corrected chi connectivity index (χ2v) is 4.72. The zero-order chi connectivity index (χ0) is 15.4. The van der Waals surface area contributed by atoms with Crippen LogP contribution in [0.5, 0.6) is 5.88 Å². The summed E-state index contributed by atoms with van der Waals surface area (Å²) in [6.45, 7) is 12.5. The molecule has 1 aromatic heterocycles. The summed E-state index contributed by atoms with van der Waals surface area (Å²) in [7, 11) is 0. The average molecular weight is 286 g/mol. The van der Waals surface area contributed by atoms with E-state index in [1.165, 1.54) is 18.5 Å². The van der Waals surface area contributed by atoms with Crippen molar-refractivity contribution in [1.82, 2.24) is 9.97 Å². The summed E-state index contributed by atoms with van der Waals surface area (Å²) in [5, 5.41) is 2.90. The first-order valence-electron chi connectivity index (χ1n) is 6.43. The standard InChI is InChI=1S/C15H15FN4O/c1-9(2)21-15-10(3)14(18-8-19-15)20-13-6-5-11(17-4)7-12(13)16/h5-9H,1-3H3,(H,18,19,20). The number of nitrogens with one attached hydrogen (secondary N) is 1. The largest absolute Gasteiger partial charge is 0.475 e. The summed E-state index contributed by atoms with van der Waals surface area (Å²) in [6, 6.07) is 4.23. The number of nitrogens with zero attached hydrogens (tertiary/aromatic N) is 3. The third kappa shape index (κ3) is 3.45. The van der Waals surface area contributed by atoms with Crippen LogP contribution in [0.4, 0.5) is 21.6 Å². The Balaban J connectivity index is 2.30. The van der Waals surface area contributed by atoms with E-state index in [1.54, 1.807) is 13.0 Å². The molecule has 1 aromatic carbocycles. The molecule has 2 aromatic rings. The fourth-order valence-corrected chi connectivity index (χ4v) is 1.70. The van der Waals surface area contributed by atoms with Crippen LogP contribution in [0.3, 0.4) is 0 Å². The predicted octanol–water partition coefficient (Wildman–Crippen LogP) is 4.01. The van der Waals surface area contributed by atoms with Gasteiger partial charge in [-0.15, -0.1) is 0 Å². The number of hydrogen-bond donors (Lipinski definition) is 1. The van der Waals surface area contributed by atoms with Gasteiger partial charge in [0.2, 0.25) is 5.88 Å². The average Bonchev–Trinajstić information content (AvgIpc) is 2.44. The topological polar surface area (TPSA) is 51.4 Å².